The molecule has 19 heavy (non-hydrogen) atoms. The Morgan fingerprint density at radius 3 is 2.74 bits per heavy atom. The smallest absolute Gasteiger partial charge is 0.154 e. The molecule has 0 spiro atoms. The Kier molecular flexibility index (Phi) is 3.73. The zero-order valence-corrected chi connectivity index (χ0v) is 11.9. The summed E-state index contributed by atoms with van der Waals surface area (Å²) in [6.07, 6.45) is 3.60. The van der Waals surface area contributed by atoms with E-state index in [0.717, 1.165) is 35.9 Å². The van der Waals surface area contributed by atoms with E-state index in [2.05, 4.69) is 27.5 Å². The second kappa shape index (κ2) is 5.29. The van der Waals surface area contributed by atoms with Gasteiger partial charge in [-0.1, -0.05) is 13.3 Å². The van der Waals surface area contributed by atoms with Crippen molar-refractivity contribution in [3.63, 3.8) is 0 Å². The Balaban J connectivity index is 2.22. The number of hydrogen-bond donors (Lipinski definition) is 2. The van der Waals surface area contributed by atoms with E-state index in [1.165, 1.54) is 0 Å². The van der Waals surface area contributed by atoms with Gasteiger partial charge in [0.1, 0.15) is 12.1 Å². The monoisotopic (exact) mass is 263 g/mol. The molecule has 7 nitrogen and oxygen atoms in total. The zero-order chi connectivity index (χ0) is 14.0. The van der Waals surface area contributed by atoms with Gasteiger partial charge in [-0.25, -0.2) is 0 Å². The minimum atomic E-state index is 0.0136. The molecule has 2 aromatic rings. The van der Waals surface area contributed by atoms with E-state index in [-0.39, 0.29) is 6.04 Å². The topological polar surface area (TPSA) is 86.6 Å². The SMILES string of the molecule is CCCc1nn(C)c(NC(C)c2nncn2C)c1N. The van der Waals surface area contributed by atoms with Crippen molar-refractivity contribution in [3.05, 3.63) is 17.8 Å². The summed E-state index contributed by atoms with van der Waals surface area (Å²) in [4.78, 5) is 0. The van der Waals surface area contributed by atoms with Crippen LogP contribution in [0.15, 0.2) is 6.33 Å². The maximum Gasteiger partial charge on any atom is 0.154 e. The Bertz CT molecular complexity index is 554. The van der Waals surface area contributed by atoms with Crippen molar-refractivity contribution < 1.29 is 0 Å². The second-order valence-electron chi connectivity index (χ2n) is 4.75. The average Bonchev–Trinajstić information content (AvgIpc) is 2.89. The number of nitrogen functional groups attached to an aromatic ring is 1. The van der Waals surface area contributed by atoms with Crippen molar-refractivity contribution in [2.75, 3.05) is 11.1 Å². The van der Waals surface area contributed by atoms with E-state index >= 15 is 0 Å². The summed E-state index contributed by atoms with van der Waals surface area (Å²) in [5.41, 5.74) is 7.80. The maximum absolute atomic E-state index is 6.14. The molecule has 2 heterocycles. The molecule has 0 bridgehead atoms. The highest BCUT2D eigenvalue weighted by Crippen LogP contribution is 2.26. The highest BCUT2D eigenvalue weighted by atomic mass is 15.3. The maximum atomic E-state index is 6.14. The number of aromatic nitrogens is 5. The minimum absolute atomic E-state index is 0.0136. The Morgan fingerprint density at radius 2 is 2.16 bits per heavy atom. The molecular formula is C12H21N7. The van der Waals surface area contributed by atoms with Crippen LogP contribution in [0.2, 0.25) is 0 Å². The zero-order valence-electron chi connectivity index (χ0n) is 11.9. The van der Waals surface area contributed by atoms with Crippen LogP contribution >= 0.6 is 0 Å². The van der Waals surface area contributed by atoms with E-state index in [1.54, 1.807) is 11.0 Å². The van der Waals surface area contributed by atoms with E-state index in [0.29, 0.717) is 0 Å². The number of nitrogens with two attached hydrogens (primary N) is 1. The lowest BCUT2D eigenvalue weighted by Gasteiger charge is -2.14. The fraction of sp³-hybridized carbons (Fsp3) is 0.583. The van der Waals surface area contributed by atoms with Gasteiger partial charge < -0.3 is 15.6 Å². The van der Waals surface area contributed by atoms with Crippen LogP contribution in [0.1, 0.15) is 37.8 Å². The first-order chi connectivity index (χ1) is 9.04. The standard InChI is InChI=1S/C12H21N7/c1-5-6-9-10(13)12(19(4)17-9)15-8(2)11-16-14-7-18(11)3/h7-8,15H,5-6,13H2,1-4H3. The third kappa shape index (κ3) is 2.54. The first kappa shape index (κ1) is 13.4. The molecule has 1 unspecified atom stereocenters. The van der Waals surface area contributed by atoms with Crippen LogP contribution in [0.25, 0.3) is 0 Å². The fourth-order valence-corrected chi connectivity index (χ4v) is 2.14. The molecule has 2 rings (SSSR count). The van der Waals surface area contributed by atoms with Crippen molar-refractivity contribution in [1.82, 2.24) is 24.5 Å². The lowest BCUT2D eigenvalue weighted by atomic mass is 10.2. The summed E-state index contributed by atoms with van der Waals surface area (Å²) >= 11 is 0. The first-order valence-corrected chi connectivity index (χ1v) is 6.46. The van der Waals surface area contributed by atoms with Crippen molar-refractivity contribution in [1.29, 1.82) is 0 Å². The molecule has 0 aliphatic rings. The molecule has 0 saturated heterocycles. The molecule has 7 heteroatoms. The van der Waals surface area contributed by atoms with Gasteiger partial charge in [-0.2, -0.15) is 5.10 Å². The van der Waals surface area contributed by atoms with Gasteiger partial charge in [-0.3, -0.25) is 4.68 Å². The number of nitrogens with one attached hydrogen (secondary N) is 1. The van der Waals surface area contributed by atoms with Crippen molar-refractivity contribution in [2.45, 2.75) is 32.7 Å². The van der Waals surface area contributed by atoms with E-state index in [4.69, 9.17) is 5.73 Å². The van der Waals surface area contributed by atoms with Gasteiger partial charge in [-0.15, -0.1) is 10.2 Å². The molecule has 0 amide bonds. The van der Waals surface area contributed by atoms with E-state index in [1.807, 2.05) is 25.6 Å². The van der Waals surface area contributed by atoms with Crippen LogP contribution in [0.4, 0.5) is 11.5 Å². The molecule has 3 N–H and O–H groups in total. The number of nitrogens with zero attached hydrogens (tertiary/aromatic N) is 5. The highest BCUT2D eigenvalue weighted by molar-refractivity contribution is 5.65. The van der Waals surface area contributed by atoms with Crippen LogP contribution in [-0.4, -0.2) is 24.5 Å². The largest absolute Gasteiger partial charge is 0.394 e. The van der Waals surface area contributed by atoms with Gasteiger partial charge in [0.05, 0.1) is 17.4 Å². The third-order valence-corrected chi connectivity index (χ3v) is 3.13. The number of hydrogen-bond acceptors (Lipinski definition) is 5. The van der Waals surface area contributed by atoms with Gasteiger partial charge in [0.25, 0.3) is 0 Å². The molecule has 0 aromatic carbocycles. The molecule has 0 aliphatic carbocycles. The Labute approximate surface area is 112 Å². The van der Waals surface area contributed by atoms with Crippen LogP contribution in [0.5, 0.6) is 0 Å². The van der Waals surface area contributed by atoms with Crippen LogP contribution in [-0.2, 0) is 20.5 Å². The van der Waals surface area contributed by atoms with Gasteiger partial charge in [0.15, 0.2) is 5.82 Å². The summed E-state index contributed by atoms with van der Waals surface area (Å²) < 4.78 is 3.67. The molecular weight excluding hydrogens is 242 g/mol. The molecule has 104 valence electrons. The summed E-state index contributed by atoms with van der Waals surface area (Å²) in [7, 11) is 3.81. The van der Waals surface area contributed by atoms with Gasteiger partial charge in [0, 0.05) is 14.1 Å². The number of anilines is 2. The molecule has 2 aromatic heterocycles. The van der Waals surface area contributed by atoms with E-state index in [9.17, 15) is 0 Å². The number of aryl methyl sites for hydroxylation is 3. The molecule has 0 fully saturated rings. The normalized spacial score (nSPS) is 12.6. The lowest BCUT2D eigenvalue weighted by molar-refractivity contribution is 0.690. The van der Waals surface area contributed by atoms with Gasteiger partial charge in [0.2, 0.25) is 0 Å². The minimum Gasteiger partial charge on any atom is -0.394 e. The van der Waals surface area contributed by atoms with Crippen LogP contribution in [0, 0.1) is 0 Å². The van der Waals surface area contributed by atoms with Crippen molar-refractivity contribution in [3.8, 4) is 0 Å². The lowest BCUT2D eigenvalue weighted by Crippen LogP contribution is -2.15. The predicted molar refractivity (Wildman–Crippen MR) is 74.7 cm³/mol. The number of rotatable bonds is 5. The van der Waals surface area contributed by atoms with Crippen LogP contribution < -0.4 is 11.1 Å². The first-order valence-electron chi connectivity index (χ1n) is 6.46. The van der Waals surface area contributed by atoms with Crippen molar-refractivity contribution >= 4 is 11.5 Å². The summed E-state index contributed by atoms with van der Waals surface area (Å²) in [5.74, 6) is 1.69. The Morgan fingerprint density at radius 1 is 1.42 bits per heavy atom. The summed E-state index contributed by atoms with van der Waals surface area (Å²) in [6, 6.07) is 0.0136. The summed E-state index contributed by atoms with van der Waals surface area (Å²) in [5, 5.41) is 15.8. The van der Waals surface area contributed by atoms with Gasteiger partial charge in [-0.05, 0) is 13.3 Å². The average molecular weight is 263 g/mol. The highest BCUT2D eigenvalue weighted by Gasteiger charge is 2.17. The quantitative estimate of drug-likeness (QED) is 0.848. The fourth-order valence-electron chi connectivity index (χ4n) is 2.14. The van der Waals surface area contributed by atoms with E-state index < -0.39 is 0 Å². The van der Waals surface area contributed by atoms with Crippen molar-refractivity contribution in [2.24, 2.45) is 14.1 Å². The predicted octanol–water partition coefficient (Wildman–Crippen LogP) is 1.26. The molecule has 1 atom stereocenters. The molecule has 0 aliphatic heterocycles. The van der Waals surface area contributed by atoms with Crippen LogP contribution in [0.3, 0.4) is 0 Å². The third-order valence-electron chi connectivity index (χ3n) is 3.13. The molecule has 0 radical (unpaired) electrons. The molecule has 0 saturated carbocycles. The van der Waals surface area contributed by atoms with Gasteiger partial charge >= 0.3 is 0 Å². The summed E-state index contributed by atoms with van der Waals surface area (Å²) in [6.45, 7) is 4.14. The Hall–Kier alpha value is -2.05. The second-order valence-corrected chi connectivity index (χ2v) is 4.75.